The molecule has 7 heteroatoms. The molecule has 0 aliphatic carbocycles. The molecule has 0 saturated carbocycles. The summed E-state index contributed by atoms with van der Waals surface area (Å²) >= 11 is 1.17. The Labute approximate surface area is 155 Å². The number of primary amides is 1. The van der Waals surface area contributed by atoms with E-state index in [1.807, 2.05) is 48.5 Å². The number of amides is 1. The van der Waals surface area contributed by atoms with Crippen LogP contribution in [0.4, 0.5) is 0 Å². The van der Waals surface area contributed by atoms with E-state index in [1.165, 1.54) is 11.8 Å². The Morgan fingerprint density at radius 3 is 2.04 bits per heavy atom. The van der Waals surface area contributed by atoms with Gasteiger partial charge in [-0.1, -0.05) is 11.8 Å². The van der Waals surface area contributed by atoms with Crippen LogP contribution in [-0.2, 0) is 4.79 Å². The Balaban J connectivity index is 2.02. The normalized spacial score (nSPS) is 10.5. The lowest BCUT2D eigenvalue weighted by Gasteiger charge is -2.04. The van der Waals surface area contributed by atoms with Crippen molar-refractivity contribution < 1.29 is 18.7 Å². The van der Waals surface area contributed by atoms with Crippen LogP contribution in [0.2, 0.25) is 0 Å². The molecule has 0 unspecified atom stereocenters. The van der Waals surface area contributed by atoms with Gasteiger partial charge in [0.15, 0.2) is 5.76 Å². The van der Waals surface area contributed by atoms with E-state index in [-0.39, 0.29) is 5.75 Å². The van der Waals surface area contributed by atoms with Crippen molar-refractivity contribution >= 4 is 17.7 Å². The van der Waals surface area contributed by atoms with Gasteiger partial charge >= 0.3 is 0 Å². The average molecular weight is 370 g/mol. The van der Waals surface area contributed by atoms with E-state index in [2.05, 4.69) is 4.98 Å². The molecule has 3 rings (SSSR count). The minimum absolute atomic E-state index is 0.102. The molecule has 6 nitrogen and oxygen atoms in total. The zero-order chi connectivity index (χ0) is 18.5. The van der Waals surface area contributed by atoms with Gasteiger partial charge in [-0.05, 0) is 48.5 Å². The van der Waals surface area contributed by atoms with Gasteiger partial charge in [-0.15, -0.1) is 0 Å². The van der Waals surface area contributed by atoms with Crippen molar-refractivity contribution in [3.8, 4) is 34.1 Å². The Morgan fingerprint density at radius 1 is 1.00 bits per heavy atom. The van der Waals surface area contributed by atoms with Crippen LogP contribution in [-0.4, -0.2) is 30.9 Å². The number of hydrogen-bond donors (Lipinski definition) is 1. The minimum atomic E-state index is -0.426. The van der Waals surface area contributed by atoms with Crippen molar-refractivity contribution in [2.45, 2.75) is 5.22 Å². The molecule has 0 fully saturated rings. The third-order valence-corrected chi connectivity index (χ3v) is 4.51. The molecule has 2 aromatic carbocycles. The Bertz CT molecular complexity index is 824. The van der Waals surface area contributed by atoms with Crippen molar-refractivity contribution in [2.75, 3.05) is 20.0 Å². The number of methoxy groups -OCH3 is 2. The summed E-state index contributed by atoms with van der Waals surface area (Å²) in [7, 11) is 3.23. The number of carbonyl (C=O) groups excluding carboxylic acids is 1. The number of benzene rings is 2. The van der Waals surface area contributed by atoms with Crippen LogP contribution in [0, 0.1) is 0 Å². The van der Waals surface area contributed by atoms with E-state index in [0.717, 1.165) is 22.6 Å². The number of nitrogens with zero attached hydrogens (tertiary/aromatic N) is 1. The van der Waals surface area contributed by atoms with Crippen molar-refractivity contribution in [3.63, 3.8) is 0 Å². The maximum atomic E-state index is 11.0. The molecule has 134 valence electrons. The number of oxazole rings is 1. The number of aromatic nitrogens is 1. The van der Waals surface area contributed by atoms with Crippen molar-refractivity contribution in [1.82, 2.24) is 4.98 Å². The first kappa shape index (κ1) is 17.9. The van der Waals surface area contributed by atoms with Gasteiger partial charge in [-0.2, -0.15) is 0 Å². The highest BCUT2D eigenvalue weighted by Gasteiger charge is 2.18. The predicted octanol–water partition coefficient (Wildman–Crippen LogP) is 3.60. The molecule has 1 amide bonds. The highest BCUT2D eigenvalue weighted by atomic mass is 32.2. The molecule has 0 atom stereocenters. The summed E-state index contributed by atoms with van der Waals surface area (Å²) in [6, 6.07) is 15.0. The van der Waals surface area contributed by atoms with E-state index >= 15 is 0 Å². The van der Waals surface area contributed by atoms with Crippen LogP contribution in [0.1, 0.15) is 0 Å². The topological polar surface area (TPSA) is 87.6 Å². The molecule has 1 aromatic heterocycles. The third kappa shape index (κ3) is 4.00. The summed E-state index contributed by atoms with van der Waals surface area (Å²) in [5, 5.41) is 0.389. The molecule has 0 bridgehead atoms. The van der Waals surface area contributed by atoms with Gasteiger partial charge in [-0.25, -0.2) is 4.98 Å². The number of nitrogens with two attached hydrogens (primary N) is 1. The second-order valence-electron chi connectivity index (χ2n) is 5.37. The predicted molar refractivity (Wildman–Crippen MR) is 100 cm³/mol. The van der Waals surface area contributed by atoms with Crippen LogP contribution in [0.5, 0.6) is 11.5 Å². The quantitative estimate of drug-likeness (QED) is 0.639. The highest BCUT2D eigenvalue weighted by Crippen LogP contribution is 2.36. The van der Waals surface area contributed by atoms with Gasteiger partial charge in [-0.3, -0.25) is 4.79 Å². The van der Waals surface area contributed by atoms with Gasteiger partial charge in [0, 0.05) is 11.1 Å². The van der Waals surface area contributed by atoms with Crippen molar-refractivity contribution in [1.29, 1.82) is 0 Å². The lowest BCUT2D eigenvalue weighted by Crippen LogP contribution is -2.12. The monoisotopic (exact) mass is 370 g/mol. The molecular formula is C19H18N2O4S. The lowest BCUT2D eigenvalue weighted by atomic mass is 10.1. The Hall–Kier alpha value is -2.93. The maximum Gasteiger partial charge on any atom is 0.257 e. The fourth-order valence-corrected chi connectivity index (χ4v) is 2.94. The van der Waals surface area contributed by atoms with Gasteiger partial charge < -0.3 is 19.6 Å². The standard InChI is InChI=1S/C19H18N2O4S/c1-23-14-7-3-12(4-8-14)17-18(13-5-9-15(24-2)10-6-13)25-19(21-17)26-11-16(20)22/h3-10H,11H2,1-2H3,(H2,20,22). The number of rotatable bonds is 7. The molecule has 0 radical (unpaired) electrons. The molecule has 2 N–H and O–H groups in total. The van der Waals surface area contributed by atoms with Gasteiger partial charge in [0.2, 0.25) is 5.91 Å². The average Bonchev–Trinajstić information content (AvgIpc) is 3.11. The summed E-state index contributed by atoms with van der Waals surface area (Å²) in [6.07, 6.45) is 0. The summed E-state index contributed by atoms with van der Waals surface area (Å²) < 4.78 is 16.3. The second-order valence-corrected chi connectivity index (χ2v) is 6.30. The van der Waals surface area contributed by atoms with E-state index in [9.17, 15) is 4.79 Å². The summed E-state index contributed by atoms with van der Waals surface area (Å²) in [5.74, 6) is 1.80. The molecule has 3 aromatic rings. The zero-order valence-electron chi connectivity index (χ0n) is 14.4. The molecule has 0 saturated heterocycles. The minimum Gasteiger partial charge on any atom is -0.497 e. The number of hydrogen-bond acceptors (Lipinski definition) is 6. The van der Waals surface area contributed by atoms with Crippen molar-refractivity contribution in [2.24, 2.45) is 5.73 Å². The molecular weight excluding hydrogens is 352 g/mol. The SMILES string of the molecule is COc1ccc(-c2nc(SCC(N)=O)oc2-c2ccc(OC)cc2)cc1. The first-order valence-electron chi connectivity index (χ1n) is 7.81. The number of thioether (sulfide) groups is 1. The molecule has 26 heavy (non-hydrogen) atoms. The van der Waals surface area contributed by atoms with Crippen LogP contribution in [0.15, 0.2) is 58.2 Å². The van der Waals surface area contributed by atoms with E-state index in [1.54, 1.807) is 14.2 Å². The second kappa shape index (κ2) is 7.97. The number of carbonyl (C=O) groups is 1. The van der Waals surface area contributed by atoms with Gasteiger partial charge in [0.25, 0.3) is 5.22 Å². The summed E-state index contributed by atoms with van der Waals surface area (Å²) in [5.41, 5.74) is 7.64. The molecule has 0 aliphatic rings. The van der Waals surface area contributed by atoms with Crippen LogP contribution >= 0.6 is 11.8 Å². The van der Waals surface area contributed by atoms with Crippen molar-refractivity contribution in [3.05, 3.63) is 48.5 Å². The fraction of sp³-hybridized carbons (Fsp3) is 0.158. The van der Waals surface area contributed by atoms with Crippen LogP contribution in [0.3, 0.4) is 0 Å². The van der Waals surface area contributed by atoms with Gasteiger partial charge in [0.05, 0.1) is 20.0 Å². The Kier molecular flexibility index (Phi) is 5.48. The van der Waals surface area contributed by atoms with Crippen LogP contribution < -0.4 is 15.2 Å². The lowest BCUT2D eigenvalue weighted by molar-refractivity contribution is -0.115. The first-order valence-corrected chi connectivity index (χ1v) is 8.80. The summed E-state index contributed by atoms with van der Waals surface area (Å²) in [6.45, 7) is 0. The first-order chi connectivity index (χ1) is 12.6. The van der Waals surface area contributed by atoms with Crippen LogP contribution in [0.25, 0.3) is 22.6 Å². The zero-order valence-corrected chi connectivity index (χ0v) is 15.2. The van der Waals surface area contributed by atoms with Gasteiger partial charge in [0.1, 0.15) is 17.2 Å². The van der Waals surface area contributed by atoms with E-state index < -0.39 is 5.91 Å². The summed E-state index contributed by atoms with van der Waals surface area (Å²) in [4.78, 5) is 15.6. The molecule has 1 heterocycles. The van der Waals surface area contributed by atoms with E-state index in [0.29, 0.717) is 16.7 Å². The molecule has 0 spiro atoms. The highest BCUT2D eigenvalue weighted by molar-refractivity contribution is 7.99. The third-order valence-electron chi connectivity index (χ3n) is 3.66. The Morgan fingerprint density at radius 2 is 1.54 bits per heavy atom. The maximum absolute atomic E-state index is 11.0. The number of ether oxygens (including phenoxy) is 2. The fourth-order valence-electron chi connectivity index (χ4n) is 2.38. The molecule has 0 aliphatic heterocycles. The largest absolute Gasteiger partial charge is 0.497 e. The van der Waals surface area contributed by atoms with E-state index in [4.69, 9.17) is 19.6 Å². The smallest absolute Gasteiger partial charge is 0.257 e.